The van der Waals surface area contributed by atoms with E-state index in [0.717, 1.165) is 10.5 Å². The minimum Gasteiger partial charge on any atom is -0.440 e. The molecule has 2 rings (SSSR count). The molecule has 1 heterocycles. The fourth-order valence-electron chi connectivity index (χ4n) is 1.33. The van der Waals surface area contributed by atoms with Gasteiger partial charge >= 0.3 is 0 Å². The number of oxime groups is 1. The number of aryl methyl sites for hydroxylation is 1. The zero-order chi connectivity index (χ0) is 12.3. The van der Waals surface area contributed by atoms with Crippen LogP contribution in [0.4, 0.5) is 0 Å². The van der Waals surface area contributed by atoms with Gasteiger partial charge in [-0.05, 0) is 36.4 Å². The van der Waals surface area contributed by atoms with Gasteiger partial charge in [-0.2, -0.15) is 0 Å². The number of nitrogens with two attached hydrogens (primary N) is 1. The number of rotatable bonds is 3. The summed E-state index contributed by atoms with van der Waals surface area (Å²) in [5, 5.41) is 12.2. The third kappa shape index (κ3) is 2.59. The minimum atomic E-state index is 0.0686. The molecule has 1 aromatic carbocycles. The van der Waals surface area contributed by atoms with Gasteiger partial charge in [-0.3, -0.25) is 0 Å². The summed E-state index contributed by atoms with van der Waals surface area (Å²) in [5.74, 6) is 0.0686. The Morgan fingerprint density at radius 2 is 2.35 bits per heavy atom. The molecule has 0 saturated carbocycles. The van der Waals surface area contributed by atoms with Crippen molar-refractivity contribution in [3.8, 4) is 0 Å². The van der Waals surface area contributed by atoms with E-state index in [1.807, 2.05) is 19.1 Å². The van der Waals surface area contributed by atoms with Crippen LogP contribution in [0.5, 0.6) is 0 Å². The molecule has 0 spiro atoms. The molecule has 0 amide bonds. The van der Waals surface area contributed by atoms with Crippen LogP contribution in [0.15, 0.2) is 50.4 Å². The molecule has 0 bridgehead atoms. The Hall–Kier alpha value is -1.95. The van der Waals surface area contributed by atoms with E-state index in [0.29, 0.717) is 10.8 Å². The monoisotopic (exact) mass is 249 g/mol. The van der Waals surface area contributed by atoms with Gasteiger partial charge in [0.1, 0.15) is 6.26 Å². The summed E-state index contributed by atoms with van der Waals surface area (Å²) in [6.07, 6.45) is 3.07. The van der Waals surface area contributed by atoms with Gasteiger partial charge in [0.2, 0.25) is 0 Å². The molecule has 0 aliphatic heterocycles. The average Bonchev–Trinajstić information content (AvgIpc) is 2.81. The lowest BCUT2D eigenvalue weighted by Gasteiger charge is -2.06. The molecule has 0 atom stereocenters. The highest BCUT2D eigenvalue weighted by Crippen LogP contribution is 2.30. The maximum atomic E-state index is 8.72. The summed E-state index contributed by atoms with van der Waals surface area (Å²) >= 11 is 1.33. The SMILES string of the molecule is Cc1ccc(/C(N)=N/O)c(Sc2ncco2)c1. The quantitative estimate of drug-likeness (QED) is 0.377. The van der Waals surface area contributed by atoms with E-state index in [-0.39, 0.29) is 5.84 Å². The predicted octanol–water partition coefficient (Wildman–Crippen LogP) is 2.23. The molecule has 88 valence electrons. The molecule has 0 radical (unpaired) electrons. The van der Waals surface area contributed by atoms with E-state index in [9.17, 15) is 0 Å². The van der Waals surface area contributed by atoms with Crippen molar-refractivity contribution < 1.29 is 9.62 Å². The van der Waals surface area contributed by atoms with E-state index in [2.05, 4.69) is 10.1 Å². The predicted molar refractivity (Wildman–Crippen MR) is 64.3 cm³/mol. The maximum Gasteiger partial charge on any atom is 0.260 e. The summed E-state index contributed by atoms with van der Waals surface area (Å²) in [7, 11) is 0. The van der Waals surface area contributed by atoms with E-state index in [1.165, 1.54) is 18.0 Å². The van der Waals surface area contributed by atoms with Crippen LogP contribution in [0.25, 0.3) is 0 Å². The van der Waals surface area contributed by atoms with Gasteiger partial charge in [0, 0.05) is 10.5 Å². The summed E-state index contributed by atoms with van der Waals surface area (Å²) in [6.45, 7) is 1.97. The molecule has 0 aliphatic carbocycles. The van der Waals surface area contributed by atoms with Crippen LogP contribution in [0.3, 0.4) is 0 Å². The molecule has 5 nitrogen and oxygen atoms in total. The second-order valence-electron chi connectivity index (χ2n) is 3.38. The second-order valence-corrected chi connectivity index (χ2v) is 4.38. The summed E-state index contributed by atoms with van der Waals surface area (Å²) < 4.78 is 5.15. The molecule has 0 saturated heterocycles. The van der Waals surface area contributed by atoms with Crippen LogP contribution in [-0.4, -0.2) is 16.0 Å². The topological polar surface area (TPSA) is 84.6 Å². The van der Waals surface area contributed by atoms with Crippen molar-refractivity contribution in [1.29, 1.82) is 0 Å². The van der Waals surface area contributed by atoms with Crippen LogP contribution in [0, 0.1) is 6.92 Å². The first-order chi connectivity index (χ1) is 8.20. The van der Waals surface area contributed by atoms with Crippen LogP contribution in [-0.2, 0) is 0 Å². The number of hydrogen-bond acceptors (Lipinski definition) is 5. The van der Waals surface area contributed by atoms with Crippen LogP contribution < -0.4 is 5.73 Å². The summed E-state index contributed by atoms with van der Waals surface area (Å²) in [4.78, 5) is 4.86. The van der Waals surface area contributed by atoms with Crippen molar-refractivity contribution in [1.82, 2.24) is 4.98 Å². The fraction of sp³-hybridized carbons (Fsp3) is 0.0909. The smallest absolute Gasteiger partial charge is 0.260 e. The zero-order valence-corrected chi connectivity index (χ0v) is 9.94. The van der Waals surface area contributed by atoms with Crippen LogP contribution >= 0.6 is 11.8 Å². The molecule has 2 aromatic rings. The van der Waals surface area contributed by atoms with Crippen LogP contribution in [0.2, 0.25) is 0 Å². The maximum absolute atomic E-state index is 8.72. The number of aromatic nitrogens is 1. The van der Waals surface area contributed by atoms with Gasteiger partial charge in [0.05, 0.1) is 6.20 Å². The van der Waals surface area contributed by atoms with E-state index < -0.39 is 0 Å². The van der Waals surface area contributed by atoms with Crippen molar-refractivity contribution in [2.24, 2.45) is 10.9 Å². The largest absolute Gasteiger partial charge is 0.440 e. The van der Waals surface area contributed by atoms with Gasteiger partial charge < -0.3 is 15.4 Å². The number of nitrogens with zero attached hydrogens (tertiary/aromatic N) is 2. The van der Waals surface area contributed by atoms with Gasteiger partial charge in [-0.15, -0.1) is 0 Å². The van der Waals surface area contributed by atoms with Crippen molar-refractivity contribution in [2.45, 2.75) is 17.0 Å². The molecule has 3 N–H and O–H groups in total. The Labute approximate surface area is 102 Å². The van der Waals surface area contributed by atoms with Gasteiger partial charge in [0.15, 0.2) is 5.84 Å². The Bertz CT molecular complexity index is 538. The standard InChI is InChI=1S/C11H11N3O2S/c1-7-2-3-8(10(12)14-15)9(6-7)17-11-13-4-5-16-11/h2-6,15H,1H3,(H2,12,14). The number of benzene rings is 1. The number of oxazole rings is 1. The van der Waals surface area contributed by atoms with Gasteiger partial charge in [0.25, 0.3) is 5.22 Å². The highest BCUT2D eigenvalue weighted by atomic mass is 32.2. The molecular formula is C11H11N3O2S. The summed E-state index contributed by atoms with van der Waals surface area (Å²) in [5.41, 5.74) is 7.34. The lowest BCUT2D eigenvalue weighted by atomic mass is 10.1. The molecule has 1 aromatic heterocycles. The normalized spacial score (nSPS) is 11.7. The Balaban J connectivity index is 2.40. The zero-order valence-electron chi connectivity index (χ0n) is 9.12. The first kappa shape index (κ1) is 11.5. The lowest BCUT2D eigenvalue weighted by Crippen LogP contribution is -2.14. The molecular weight excluding hydrogens is 238 g/mol. The van der Waals surface area contributed by atoms with Crippen LogP contribution in [0.1, 0.15) is 11.1 Å². The first-order valence-corrected chi connectivity index (χ1v) is 5.68. The molecule has 0 aliphatic rings. The van der Waals surface area contributed by atoms with E-state index in [4.69, 9.17) is 15.4 Å². The second kappa shape index (κ2) is 4.92. The van der Waals surface area contributed by atoms with Gasteiger partial charge in [-0.25, -0.2) is 4.98 Å². The van der Waals surface area contributed by atoms with E-state index >= 15 is 0 Å². The third-order valence-corrected chi connectivity index (χ3v) is 3.06. The molecule has 0 fully saturated rings. The number of amidine groups is 1. The van der Waals surface area contributed by atoms with Crippen molar-refractivity contribution in [3.05, 3.63) is 41.8 Å². The highest BCUT2D eigenvalue weighted by Gasteiger charge is 2.11. The average molecular weight is 249 g/mol. The van der Waals surface area contributed by atoms with Crippen molar-refractivity contribution in [2.75, 3.05) is 0 Å². The lowest BCUT2D eigenvalue weighted by molar-refractivity contribution is 0.318. The first-order valence-electron chi connectivity index (χ1n) is 4.86. The Kier molecular flexibility index (Phi) is 3.34. The Morgan fingerprint density at radius 3 is 3.00 bits per heavy atom. The molecule has 17 heavy (non-hydrogen) atoms. The minimum absolute atomic E-state index is 0.0686. The summed E-state index contributed by atoms with van der Waals surface area (Å²) in [6, 6.07) is 5.63. The van der Waals surface area contributed by atoms with Gasteiger partial charge in [-0.1, -0.05) is 11.2 Å². The highest BCUT2D eigenvalue weighted by molar-refractivity contribution is 7.99. The number of hydrogen-bond donors (Lipinski definition) is 2. The molecule has 6 heteroatoms. The van der Waals surface area contributed by atoms with Crippen molar-refractivity contribution in [3.63, 3.8) is 0 Å². The van der Waals surface area contributed by atoms with Crippen molar-refractivity contribution >= 4 is 17.6 Å². The Morgan fingerprint density at radius 1 is 1.53 bits per heavy atom. The fourth-order valence-corrected chi connectivity index (χ4v) is 2.27. The molecule has 0 unspecified atom stereocenters. The third-order valence-electron chi connectivity index (χ3n) is 2.13. The van der Waals surface area contributed by atoms with E-state index in [1.54, 1.807) is 12.3 Å².